The summed E-state index contributed by atoms with van der Waals surface area (Å²) < 4.78 is 0. The molecule has 1 aliphatic rings. The molecule has 0 unspecified atom stereocenters. The van der Waals surface area contributed by atoms with E-state index < -0.39 is 5.97 Å². The molecule has 0 aliphatic heterocycles. The van der Waals surface area contributed by atoms with E-state index >= 15 is 0 Å². The van der Waals surface area contributed by atoms with Crippen molar-refractivity contribution < 1.29 is 14.7 Å². The van der Waals surface area contributed by atoms with Crippen LogP contribution in [0.25, 0.3) is 0 Å². The average Bonchev–Trinajstić information content (AvgIpc) is 2.05. The standard InChI is InChI=1S/C7H6O.C2H3O2/c8-6-7-4-2-1-3-5-7;1-2(3)4/h1-4H,5H2;1H3. The molecule has 0 aromatic rings. The van der Waals surface area contributed by atoms with Gasteiger partial charge in [0.1, 0.15) is 5.94 Å². The van der Waals surface area contributed by atoms with Crippen molar-refractivity contribution in [1.82, 2.24) is 0 Å². The lowest BCUT2D eigenvalue weighted by molar-refractivity contribution is -0.140. The van der Waals surface area contributed by atoms with Crippen LogP contribution in [0.15, 0.2) is 29.9 Å². The highest BCUT2D eigenvalue weighted by Crippen LogP contribution is 2.04. The van der Waals surface area contributed by atoms with E-state index in [1.165, 1.54) is 0 Å². The van der Waals surface area contributed by atoms with Crippen molar-refractivity contribution in [3.8, 4) is 0 Å². The molecule has 0 heterocycles. The lowest BCUT2D eigenvalue weighted by Gasteiger charge is -1.92. The zero-order valence-corrected chi connectivity index (χ0v) is 6.74. The Labute approximate surface area is 70.7 Å². The maximum atomic E-state index is 9.91. The third-order valence-corrected chi connectivity index (χ3v) is 1.01. The third-order valence-electron chi connectivity index (χ3n) is 1.01. The molecule has 0 spiro atoms. The molecule has 3 heteroatoms. The van der Waals surface area contributed by atoms with Gasteiger partial charge in [0.2, 0.25) is 0 Å². The van der Waals surface area contributed by atoms with Crippen LogP contribution in [-0.4, -0.2) is 11.9 Å². The van der Waals surface area contributed by atoms with Crippen LogP contribution in [0.3, 0.4) is 0 Å². The Balaban J connectivity index is 0.000000261. The second-order valence-electron chi connectivity index (χ2n) is 2.11. The molecule has 0 amide bonds. The molecule has 0 aromatic heterocycles. The Bertz CT molecular complexity index is 251. The molecule has 1 aliphatic carbocycles. The zero-order valence-electron chi connectivity index (χ0n) is 6.74. The summed E-state index contributed by atoms with van der Waals surface area (Å²) in [6, 6.07) is 0. The average molecular weight is 165 g/mol. The molecule has 0 aromatic carbocycles. The summed E-state index contributed by atoms with van der Waals surface area (Å²) in [5.74, 6) is 0.749. The van der Waals surface area contributed by atoms with Gasteiger partial charge in [-0.15, -0.1) is 0 Å². The second-order valence-corrected chi connectivity index (χ2v) is 2.11. The summed E-state index contributed by atoms with van der Waals surface area (Å²) in [7, 11) is 0. The van der Waals surface area contributed by atoms with Crippen LogP contribution < -0.4 is 0 Å². The number of hydrogen-bond acceptors (Lipinski definition) is 2. The van der Waals surface area contributed by atoms with Gasteiger partial charge >= 0.3 is 5.97 Å². The van der Waals surface area contributed by atoms with Gasteiger partial charge in [-0.25, -0.2) is 14.7 Å². The molecular formula is C9H9O3. The first kappa shape index (κ1) is 10.4. The van der Waals surface area contributed by atoms with E-state index in [1.54, 1.807) is 6.08 Å². The topological polar surface area (TPSA) is 54.0 Å². The maximum absolute atomic E-state index is 9.91. The van der Waals surface area contributed by atoms with Crippen molar-refractivity contribution in [3.63, 3.8) is 0 Å². The first-order chi connectivity index (χ1) is 5.66. The van der Waals surface area contributed by atoms with Gasteiger partial charge in [-0.2, -0.15) is 0 Å². The van der Waals surface area contributed by atoms with E-state index in [0.717, 1.165) is 18.9 Å². The highest BCUT2D eigenvalue weighted by Gasteiger charge is 1.90. The molecule has 63 valence electrons. The van der Waals surface area contributed by atoms with Crippen LogP contribution in [0.4, 0.5) is 0 Å². The van der Waals surface area contributed by atoms with Crippen molar-refractivity contribution in [1.29, 1.82) is 0 Å². The molecule has 3 nitrogen and oxygen atoms in total. The molecule has 0 atom stereocenters. The normalized spacial score (nSPS) is 12.9. The molecule has 1 rings (SSSR count). The fraction of sp³-hybridized carbons (Fsp3) is 0.222. The molecule has 0 saturated heterocycles. The molecule has 1 radical (unpaired) electrons. The summed E-state index contributed by atoms with van der Waals surface area (Å²) in [5, 5.41) is 8.89. The van der Waals surface area contributed by atoms with Gasteiger partial charge < -0.3 is 0 Å². The maximum Gasteiger partial charge on any atom is 0.352 e. The quantitative estimate of drug-likeness (QED) is 0.507. The summed E-state index contributed by atoms with van der Waals surface area (Å²) >= 11 is 0. The largest absolute Gasteiger partial charge is 0.352 e. The van der Waals surface area contributed by atoms with E-state index in [4.69, 9.17) is 9.90 Å². The van der Waals surface area contributed by atoms with Crippen LogP contribution in [0, 0.1) is 0 Å². The lowest BCUT2D eigenvalue weighted by Crippen LogP contribution is -1.78. The van der Waals surface area contributed by atoms with Gasteiger partial charge in [0.15, 0.2) is 0 Å². The van der Waals surface area contributed by atoms with Crippen LogP contribution in [0.1, 0.15) is 13.3 Å². The summed E-state index contributed by atoms with van der Waals surface area (Å²) in [5.41, 5.74) is 0.729. The van der Waals surface area contributed by atoms with Gasteiger partial charge in [0.25, 0.3) is 0 Å². The van der Waals surface area contributed by atoms with Gasteiger partial charge in [-0.3, -0.25) is 0 Å². The summed E-state index contributed by atoms with van der Waals surface area (Å²) in [4.78, 5) is 18.8. The second kappa shape index (κ2) is 6.13. The van der Waals surface area contributed by atoms with Crippen LogP contribution >= 0.6 is 0 Å². The van der Waals surface area contributed by atoms with Crippen LogP contribution in [0.5, 0.6) is 0 Å². The Hall–Kier alpha value is -1.60. The molecule has 12 heavy (non-hydrogen) atoms. The van der Waals surface area contributed by atoms with Crippen molar-refractivity contribution in [3.05, 3.63) is 29.9 Å². The fourth-order valence-corrected chi connectivity index (χ4v) is 0.589. The molecule has 0 N–H and O–H groups in total. The number of rotatable bonds is 0. The van der Waals surface area contributed by atoms with Crippen molar-refractivity contribution in [2.24, 2.45) is 0 Å². The smallest absolute Gasteiger partial charge is 0.248 e. The Morgan fingerprint density at radius 1 is 1.50 bits per heavy atom. The molecule has 0 saturated carbocycles. The molecule has 0 bridgehead atoms. The predicted molar refractivity (Wildman–Crippen MR) is 43.5 cm³/mol. The minimum absolute atomic E-state index is 0.729. The predicted octanol–water partition coefficient (Wildman–Crippen LogP) is 1.22. The first-order valence-corrected chi connectivity index (χ1v) is 3.41. The first-order valence-electron chi connectivity index (χ1n) is 3.41. The van der Waals surface area contributed by atoms with E-state index in [2.05, 4.69) is 0 Å². The van der Waals surface area contributed by atoms with Crippen LogP contribution in [0.2, 0.25) is 0 Å². The number of carbonyl (C=O) groups excluding carboxylic acids is 2. The number of hydrogen-bond donors (Lipinski definition) is 0. The Morgan fingerprint density at radius 2 is 2.08 bits per heavy atom. The van der Waals surface area contributed by atoms with E-state index in [-0.39, 0.29) is 0 Å². The Kier molecular flexibility index (Phi) is 5.31. The van der Waals surface area contributed by atoms with Crippen LogP contribution in [-0.2, 0) is 14.7 Å². The lowest BCUT2D eigenvalue weighted by atomic mass is 10.1. The van der Waals surface area contributed by atoms with E-state index in [1.807, 2.05) is 24.2 Å². The molecular weight excluding hydrogens is 156 g/mol. The fourth-order valence-electron chi connectivity index (χ4n) is 0.589. The Morgan fingerprint density at radius 3 is 2.33 bits per heavy atom. The van der Waals surface area contributed by atoms with Crippen molar-refractivity contribution in [2.45, 2.75) is 13.3 Å². The minimum atomic E-state index is -1.08. The minimum Gasteiger partial charge on any atom is -0.248 e. The SMILES string of the molecule is CC([O])=O.O=C=C1C=CC=CC1. The highest BCUT2D eigenvalue weighted by atomic mass is 16.4. The van der Waals surface area contributed by atoms with Gasteiger partial charge in [0.05, 0.1) is 0 Å². The van der Waals surface area contributed by atoms with Gasteiger partial charge in [-0.1, -0.05) is 18.2 Å². The monoisotopic (exact) mass is 165 g/mol. The van der Waals surface area contributed by atoms with Gasteiger partial charge in [0, 0.05) is 18.9 Å². The van der Waals surface area contributed by atoms with Crippen molar-refractivity contribution in [2.75, 3.05) is 0 Å². The van der Waals surface area contributed by atoms with Crippen molar-refractivity contribution >= 4 is 11.9 Å². The van der Waals surface area contributed by atoms with Gasteiger partial charge in [-0.05, 0) is 6.08 Å². The van der Waals surface area contributed by atoms with E-state index in [9.17, 15) is 4.79 Å². The van der Waals surface area contributed by atoms with E-state index in [0.29, 0.717) is 0 Å². The zero-order chi connectivity index (χ0) is 9.40. The summed E-state index contributed by atoms with van der Waals surface area (Å²) in [6.45, 7) is 0.972. The highest BCUT2D eigenvalue weighted by molar-refractivity contribution is 5.62. The molecule has 0 fully saturated rings. The third kappa shape index (κ3) is 6.52. The number of carbonyl (C=O) groups is 1. The number of allylic oxidation sites excluding steroid dienone is 5. The summed E-state index contributed by atoms with van der Waals surface area (Å²) in [6.07, 6.45) is 8.19.